The lowest BCUT2D eigenvalue weighted by molar-refractivity contribution is -0.168. The molecule has 0 radical (unpaired) electrons. The molecule has 5 heteroatoms. The van der Waals surface area contributed by atoms with Crippen molar-refractivity contribution in [3.05, 3.63) is 87.9 Å². The molecule has 0 saturated carbocycles. The van der Waals surface area contributed by atoms with Crippen LogP contribution in [-0.2, 0) is 14.3 Å². The molecule has 2 aromatic carbocycles. The van der Waals surface area contributed by atoms with Gasteiger partial charge in [-0.25, -0.2) is 9.18 Å². The summed E-state index contributed by atoms with van der Waals surface area (Å²) in [4.78, 5) is 25.6. The topological polar surface area (TPSA) is 43.4 Å². The van der Waals surface area contributed by atoms with Crippen LogP contribution in [0.25, 0.3) is 6.08 Å². The van der Waals surface area contributed by atoms with Crippen molar-refractivity contribution in [3.63, 3.8) is 0 Å². The average molecular weight is 471 g/mol. The van der Waals surface area contributed by atoms with Gasteiger partial charge in [0.1, 0.15) is 5.60 Å². The maximum Gasteiger partial charge on any atom is 0.349 e. The average Bonchev–Trinajstić information content (AvgIpc) is 2.67. The highest BCUT2D eigenvalue weighted by Gasteiger charge is 2.54. The second kappa shape index (κ2) is 8.68. The van der Waals surface area contributed by atoms with Gasteiger partial charge < -0.3 is 4.74 Å². The van der Waals surface area contributed by atoms with Gasteiger partial charge >= 0.3 is 5.97 Å². The molecule has 1 aliphatic carbocycles. The lowest BCUT2D eigenvalue weighted by Crippen LogP contribution is -2.48. The molecule has 0 aliphatic heterocycles. The van der Waals surface area contributed by atoms with Gasteiger partial charge in [-0.1, -0.05) is 70.5 Å². The molecule has 156 valence electrons. The van der Waals surface area contributed by atoms with Crippen molar-refractivity contribution in [1.29, 1.82) is 0 Å². The zero-order valence-electron chi connectivity index (χ0n) is 17.2. The summed E-state index contributed by atoms with van der Waals surface area (Å²) in [5, 5.41) is 0. The molecule has 30 heavy (non-hydrogen) atoms. The first kappa shape index (κ1) is 22.2. The first-order valence-electron chi connectivity index (χ1n) is 9.75. The normalized spacial score (nSPS) is 22.1. The Morgan fingerprint density at radius 1 is 1.13 bits per heavy atom. The SMILES string of the molecule is CC(C)(C)OC(=O)[C@@]1(F)C(/C=C/c2cccc(Br)c2)=CC(=O)C[C@H]1c1ccccc1. The van der Waals surface area contributed by atoms with Crippen molar-refractivity contribution >= 4 is 33.8 Å². The van der Waals surface area contributed by atoms with Crippen LogP contribution in [0.5, 0.6) is 0 Å². The number of allylic oxidation sites excluding steroid dienone is 2. The number of ketones is 1. The van der Waals surface area contributed by atoms with Crippen molar-refractivity contribution in [2.75, 3.05) is 0 Å². The highest BCUT2D eigenvalue weighted by atomic mass is 79.9. The summed E-state index contributed by atoms with van der Waals surface area (Å²) in [5.74, 6) is -2.18. The zero-order chi connectivity index (χ0) is 21.9. The standard InChI is InChI=1S/C25H24BrFO3/c1-24(2,3)30-23(29)25(27)19(13-12-17-8-7-11-20(26)14-17)15-21(28)16-22(25)18-9-5-4-6-10-18/h4-15,22H,16H2,1-3H3/b13-12+/t22-,25+/m0/s1. The Bertz CT molecular complexity index is 1000. The second-order valence-electron chi connectivity index (χ2n) is 8.34. The van der Waals surface area contributed by atoms with Crippen molar-refractivity contribution in [3.8, 4) is 0 Å². The van der Waals surface area contributed by atoms with E-state index in [2.05, 4.69) is 15.9 Å². The van der Waals surface area contributed by atoms with Crippen LogP contribution in [0.3, 0.4) is 0 Å². The number of carbonyl (C=O) groups is 2. The van der Waals surface area contributed by atoms with E-state index in [-0.39, 0.29) is 17.8 Å². The first-order chi connectivity index (χ1) is 14.1. The van der Waals surface area contributed by atoms with Gasteiger partial charge in [0.05, 0.1) is 0 Å². The molecule has 0 saturated heterocycles. The van der Waals surface area contributed by atoms with E-state index in [9.17, 15) is 9.59 Å². The number of esters is 1. The highest BCUT2D eigenvalue weighted by Crippen LogP contribution is 2.45. The van der Waals surface area contributed by atoms with Crippen LogP contribution in [0.2, 0.25) is 0 Å². The Balaban J connectivity index is 2.09. The van der Waals surface area contributed by atoms with Crippen LogP contribution in [-0.4, -0.2) is 23.0 Å². The molecule has 0 unspecified atom stereocenters. The fourth-order valence-electron chi connectivity index (χ4n) is 3.49. The molecule has 2 atom stereocenters. The molecule has 3 rings (SSSR count). The van der Waals surface area contributed by atoms with E-state index in [4.69, 9.17) is 4.74 Å². The van der Waals surface area contributed by atoms with Crippen molar-refractivity contribution < 1.29 is 18.7 Å². The summed E-state index contributed by atoms with van der Waals surface area (Å²) in [6.45, 7) is 5.08. The zero-order valence-corrected chi connectivity index (χ0v) is 18.8. The number of alkyl halides is 1. The van der Waals surface area contributed by atoms with Gasteiger partial charge in [-0.3, -0.25) is 4.79 Å². The number of rotatable bonds is 4. The Kier molecular flexibility index (Phi) is 6.41. The Labute approximate surface area is 184 Å². The first-order valence-corrected chi connectivity index (χ1v) is 10.5. The van der Waals surface area contributed by atoms with E-state index in [1.807, 2.05) is 30.3 Å². The number of hydrogen-bond donors (Lipinski definition) is 0. The Hall–Kier alpha value is -2.53. The molecule has 0 fully saturated rings. The quantitative estimate of drug-likeness (QED) is 0.499. The van der Waals surface area contributed by atoms with Gasteiger partial charge in [0.15, 0.2) is 5.78 Å². The third kappa shape index (κ3) is 4.96. The van der Waals surface area contributed by atoms with Gasteiger partial charge in [0.2, 0.25) is 5.67 Å². The van der Waals surface area contributed by atoms with Gasteiger partial charge in [0, 0.05) is 22.4 Å². The van der Waals surface area contributed by atoms with E-state index < -0.39 is 23.2 Å². The van der Waals surface area contributed by atoms with E-state index in [0.717, 1.165) is 10.0 Å². The highest BCUT2D eigenvalue weighted by molar-refractivity contribution is 9.10. The lowest BCUT2D eigenvalue weighted by Gasteiger charge is -2.37. The van der Waals surface area contributed by atoms with Crippen molar-refractivity contribution in [2.24, 2.45) is 0 Å². The second-order valence-corrected chi connectivity index (χ2v) is 9.25. The largest absolute Gasteiger partial charge is 0.457 e. The van der Waals surface area contributed by atoms with Gasteiger partial charge in [-0.2, -0.15) is 0 Å². The minimum absolute atomic E-state index is 0.00169. The van der Waals surface area contributed by atoms with E-state index >= 15 is 4.39 Å². The van der Waals surface area contributed by atoms with Crippen molar-refractivity contribution in [2.45, 2.75) is 44.4 Å². The van der Waals surface area contributed by atoms with Gasteiger partial charge in [-0.05, 0) is 50.1 Å². The molecule has 3 nitrogen and oxygen atoms in total. The third-order valence-corrected chi connectivity index (χ3v) is 5.32. The van der Waals surface area contributed by atoms with Crippen LogP contribution >= 0.6 is 15.9 Å². The predicted octanol–water partition coefficient (Wildman–Crippen LogP) is 6.20. The van der Waals surface area contributed by atoms with Crippen LogP contribution in [0.15, 0.2) is 76.8 Å². The smallest absolute Gasteiger partial charge is 0.349 e. The van der Waals surface area contributed by atoms with Crippen LogP contribution in [0.1, 0.15) is 44.2 Å². The number of ether oxygens (including phenoxy) is 1. The molecular formula is C25H24BrFO3. The Morgan fingerprint density at radius 3 is 2.47 bits per heavy atom. The summed E-state index contributed by atoms with van der Waals surface area (Å²) in [5.41, 5.74) is -1.95. The monoisotopic (exact) mass is 470 g/mol. The van der Waals surface area contributed by atoms with E-state index in [0.29, 0.717) is 5.56 Å². The third-order valence-electron chi connectivity index (χ3n) is 4.82. The number of benzene rings is 2. The molecule has 2 aromatic rings. The molecular weight excluding hydrogens is 447 g/mol. The van der Waals surface area contributed by atoms with Gasteiger partial charge in [0.25, 0.3) is 0 Å². The van der Waals surface area contributed by atoms with Crippen LogP contribution in [0, 0.1) is 0 Å². The van der Waals surface area contributed by atoms with E-state index in [1.54, 1.807) is 51.1 Å². The maximum absolute atomic E-state index is 16.7. The fraction of sp³-hybridized carbons (Fsp3) is 0.280. The number of hydrogen-bond acceptors (Lipinski definition) is 3. The minimum Gasteiger partial charge on any atom is -0.457 e. The summed E-state index contributed by atoms with van der Waals surface area (Å²) >= 11 is 3.41. The van der Waals surface area contributed by atoms with Gasteiger partial charge in [-0.15, -0.1) is 0 Å². The molecule has 0 bridgehead atoms. The molecule has 1 aliphatic rings. The molecule has 0 amide bonds. The molecule has 0 aromatic heterocycles. The maximum atomic E-state index is 16.7. The molecule has 0 N–H and O–H groups in total. The van der Waals surface area contributed by atoms with E-state index in [1.165, 1.54) is 12.2 Å². The summed E-state index contributed by atoms with van der Waals surface area (Å²) in [6.07, 6.45) is 4.31. The van der Waals surface area contributed by atoms with Crippen molar-refractivity contribution in [1.82, 2.24) is 0 Å². The van der Waals surface area contributed by atoms with Crippen LogP contribution < -0.4 is 0 Å². The van der Waals surface area contributed by atoms with Crippen LogP contribution in [0.4, 0.5) is 4.39 Å². The molecule has 0 heterocycles. The summed E-state index contributed by atoms with van der Waals surface area (Å²) in [7, 11) is 0. The lowest BCUT2D eigenvalue weighted by atomic mass is 9.71. The molecule has 0 spiro atoms. The fourth-order valence-corrected chi connectivity index (χ4v) is 3.91. The summed E-state index contributed by atoms with van der Waals surface area (Å²) < 4.78 is 23.0. The minimum atomic E-state index is -2.48. The number of halogens is 2. The number of carbonyl (C=O) groups excluding carboxylic acids is 2. The summed E-state index contributed by atoms with van der Waals surface area (Å²) in [6, 6.07) is 16.3. The Morgan fingerprint density at radius 2 is 1.83 bits per heavy atom. The predicted molar refractivity (Wildman–Crippen MR) is 120 cm³/mol.